The van der Waals surface area contributed by atoms with Crippen molar-refractivity contribution in [3.8, 4) is 0 Å². The molecule has 0 saturated heterocycles. The quantitative estimate of drug-likeness (QED) is 0.886. The first kappa shape index (κ1) is 13.4. The van der Waals surface area contributed by atoms with Crippen LogP contribution in [0.2, 0.25) is 0 Å². The predicted molar refractivity (Wildman–Crippen MR) is 67.6 cm³/mol. The van der Waals surface area contributed by atoms with Gasteiger partial charge in [-0.3, -0.25) is 0 Å². The van der Waals surface area contributed by atoms with Gasteiger partial charge in [0.25, 0.3) is 0 Å². The lowest BCUT2D eigenvalue weighted by molar-refractivity contribution is 0.0690. The number of benzene rings is 1. The highest BCUT2D eigenvalue weighted by atomic mass is 32.1. The molecule has 0 saturated carbocycles. The third-order valence-corrected chi connectivity index (χ3v) is 3.13. The highest BCUT2D eigenvalue weighted by Gasteiger charge is 2.17. The topological polar surface area (TPSA) is 62.2 Å². The number of carboxylic acid groups (broad SMARTS) is 1. The fourth-order valence-corrected chi connectivity index (χ4v) is 2.13. The van der Waals surface area contributed by atoms with Crippen molar-refractivity contribution in [2.75, 3.05) is 11.9 Å². The molecule has 1 aromatic heterocycles. The molecule has 19 heavy (non-hydrogen) atoms. The van der Waals surface area contributed by atoms with Gasteiger partial charge >= 0.3 is 5.97 Å². The number of hydrogen-bond donors (Lipinski definition) is 2. The monoisotopic (exact) mass is 284 g/mol. The van der Waals surface area contributed by atoms with Crippen molar-refractivity contribution in [1.29, 1.82) is 0 Å². The first-order valence-electron chi connectivity index (χ1n) is 5.42. The van der Waals surface area contributed by atoms with Gasteiger partial charge in [0.2, 0.25) is 0 Å². The summed E-state index contributed by atoms with van der Waals surface area (Å²) in [7, 11) is 0. The fourth-order valence-electron chi connectivity index (χ4n) is 1.54. The molecule has 0 amide bonds. The van der Waals surface area contributed by atoms with Gasteiger partial charge in [-0.15, -0.1) is 11.3 Å². The highest BCUT2D eigenvalue weighted by molar-refractivity contribution is 7.07. The zero-order valence-corrected chi connectivity index (χ0v) is 10.5. The molecule has 0 fully saturated rings. The molecule has 0 unspecified atom stereocenters. The van der Waals surface area contributed by atoms with Gasteiger partial charge in [0.15, 0.2) is 11.6 Å². The van der Waals surface area contributed by atoms with Gasteiger partial charge in [-0.1, -0.05) is 0 Å². The largest absolute Gasteiger partial charge is 0.478 e. The second-order valence-corrected chi connectivity index (χ2v) is 4.47. The molecule has 0 bridgehead atoms. The molecule has 2 aromatic rings. The molecule has 7 heteroatoms. The third kappa shape index (κ3) is 3.05. The Morgan fingerprint density at radius 3 is 2.79 bits per heavy atom. The molecule has 0 aliphatic carbocycles. The zero-order chi connectivity index (χ0) is 13.8. The van der Waals surface area contributed by atoms with Crippen molar-refractivity contribution in [2.45, 2.75) is 6.42 Å². The van der Waals surface area contributed by atoms with Crippen molar-refractivity contribution in [2.24, 2.45) is 0 Å². The van der Waals surface area contributed by atoms with Crippen LogP contribution in [0.3, 0.4) is 0 Å². The van der Waals surface area contributed by atoms with Crippen molar-refractivity contribution in [3.05, 3.63) is 45.9 Å². The lowest BCUT2D eigenvalue weighted by atomic mass is 10.2. The van der Waals surface area contributed by atoms with E-state index >= 15 is 0 Å². The third-order valence-electron chi connectivity index (χ3n) is 2.49. The van der Waals surface area contributed by atoms with E-state index in [1.54, 1.807) is 5.51 Å². The minimum atomic E-state index is -1.49. The average Bonchev–Trinajstić information content (AvgIpc) is 2.87. The Balaban J connectivity index is 2.05. The van der Waals surface area contributed by atoms with Crippen LogP contribution in [0.15, 0.2) is 23.0 Å². The molecule has 0 aliphatic rings. The maximum absolute atomic E-state index is 13.6. The molecule has 1 aromatic carbocycles. The van der Waals surface area contributed by atoms with E-state index in [4.69, 9.17) is 5.11 Å². The van der Waals surface area contributed by atoms with Crippen LogP contribution in [-0.2, 0) is 6.42 Å². The Labute approximate surface area is 111 Å². The second kappa shape index (κ2) is 5.75. The number of nitrogens with zero attached hydrogens (tertiary/aromatic N) is 1. The number of aromatic nitrogens is 1. The summed E-state index contributed by atoms with van der Waals surface area (Å²) in [5, 5.41) is 13.2. The standard InChI is InChI=1S/C12H10F2N2O2S/c13-10-8(12(17)18)1-2-9(11(10)14)15-4-3-7-5-19-6-16-7/h1-2,5-6,15H,3-4H2,(H,17,18). The molecule has 2 N–H and O–H groups in total. The smallest absolute Gasteiger partial charge is 0.338 e. The first-order chi connectivity index (χ1) is 9.09. The zero-order valence-electron chi connectivity index (χ0n) is 9.69. The van der Waals surface area contributed by atoms with E-state index in [2.05, 4.69) is 10.3 Å². The summed E-state index contributed by atoms with van der Waals surface area (Å²) in [4.78, 5) is 14.7. The Kier molecular flexibility index (Phi) is 4.06. The number of carbonyl (C=O) groups is 1. The van der Waals surface area contributed by atoms with Crippen LogP contribution in [0.4, 0.5) is 14.5 Å². The normalized spacial score (nSPS) is 10.4. The van der Waals surface area contributed by atoms with E-state index in [9.17, 15) is 13.6 Å². The maximum atomic E-state index is 13.6. The van der Waals surface area contributed by atoms with Gasteiger partial charge in [-0.2, -0.15) is 0 Å². The van der Waals surface area contributed by atoms with Gasteiger partial charge in [-0.25, -0.2) is 18.6 Å². The van der Waals surface area contributed by atoms with E-state index in [0.29, 0.717) is 13.0 Å². The summed E-state index contributed by atoms with van der Waals surface area (Å²) in [6.07, 6.45) is 0.575. The van der Waals surface area contributed by atoms with Crippen molar-refractivity contribution in [1.82, 2.24) is 4.98 Å². The van der Waals surface area contributed by atoms with Crippen LogP contribution < -0.4 is 5.32 Å². The number of nitrogens with one attached hydrogen (secondary N) is 1. The van der Waals surface area contributed by atoms with Gasteiger partial charge in [0.05, 0.1) is 22.5 Å². The van der Waals surface area contributed by atoms with Gasteiger partial charge in [-0.05, 0) is 12.1 Å². The molecular formula is C12H10F2N2O2S. The number of anilines is 1. The van der Waals surface area contributed by atoms with Crippen LogP contribution in [0.1, 0.15) is 16.1 Å². The number of thiazole rings is 1. The van der Waals surface area contributed by atoms with E-state index in [0.717, 1.165) is 11.8 Å². The van der Waals surface area contributed by atoms with Crippen molar-refractivity contribution >= 4 is 23.0 Å². The predicted octanol–water partition coefficient (Wildman–Crippen LogP) is 2.77. The lowest BCUT2D eigenvalue weighted by Crippen LogP contribution is -2.10. The van der Waals surface area contributed by atoms with Crippen LogP contribution in [0.25, 0.3) is 0 Å². The number of aromatic carboxylic acids is 1. The molecule has 2 rings (SSSR count). The van der Waals surface area contributed by atoms with E-state index < -0.39 is 23.2 Å². The summed E-state index contributed by atoms with van der Waals surface area (Å²) in [6.45, 7) is 0.381. The maximum Gasteiger partial charge on any atom is 0.338 e. The van der Waals surface area contributed by atoms with E-state index in [1.165, 1.54) is 17.4 Å². The Hall–Kier alpha value is -2.02. The Morgan fingerprint density at radius 1 is 1.37 bits per heavy atom. The van der Waals surface area contributed by atoms with Gasteiger partial charge < -0.3 is 10.4 Å². The molecule has 1 heterocycles. The van der Waals surface area contributed by atoms with Gasteiger partial charge in [0, 0.05) is 18.3 Å². The summed E-state index contributed by atoms with van der Waals surface area (Å²) < 4.78 is 27.0. The molecule has 0 aliphatic heterocycles. The molecule has 4 nitrogen and oxygen atoms in total. The van der Waals surface area contributed by atoms with Crippen LogP contribution in [-0.4, -0.2) is 22.6 Å². The highest BCUT2D eigenvalue weighted by Crippen LogP contribution is 2.20. The minimum absolute atomic E-state index is 0.0577. The van der Waals surface area contributed by atoms with Crippen LogP contribution >= 0.6 is 11.3 Å². The summed E-state index contributed by atoms with van der Waals surface area (Å²) >= 11 is 1.46. The summed E-state index contributed by atoms with van der Waals surface area (Å²) in [6, 6.07) is 2.24. The molecule has 100 valence electrons. The Bertz CT molecular complexity index is 588. The van der Waals surface area contributed by atoms with Crippen molar-refractivity contribution in [3.63, 3.8) is 0 Å². The van der Waals surface area contributed by atoms with Gasteiger partial charge in [0.1, 0.15) is 0 Å². The summed E-state index contributed by atoms with van der Waals surface area (Å²) in [5.74, 6) is -4.03. The number of hydrogen-bond acceptors (Lipinski definition) is 4. The molecule has 0 radical (unpaired) electrons. The molecule has 0 spiro atoms. The average molecular weight is 284 g/mol. The van der Waals surface area contributed by atoms with Crippen molar-refractivity contribution < 1.29 is 18.7 Å². The number of halogens is 2. The molecular weight excluding hydrogens is 274 g/mol. The Morgan fingerprint density at radius 2 is 2.16 bits per heavy atom. The van der Waals surface area contributed by atoms with E-state index in [1.807, 2.05) is 5.38 Å². The van der Waals surface area contributed by atoms with Crippen LogP contribution in [0, 0.1) is 11.6 Å². The minimum Gasteiger partial charge on any atom is -0.478 e. The SMILES string of the molecule is O=C(O)c1ccc(NCCc2cscn2)c(F)c1F. The summed E-state index contributed by atoms with van der Waals surface area (Å²) in [5.41, 5.74) is 1.82. The number of rotatable bonds is 5. The lowest BCUT2D eigenvalue weighted by Gasteiger charge is -2.08. The van der Waals surface area contributed by atoms with Crippen LogP contribution in [0.5, 0.6) is 0 Å². The first-order valence-corrected chi connectivity index (χ1v) is 6.36. The second-order valence-electron chi connectivity index (χ2n) is 3.75. The van der Waals surface area contributed by atoms with E-state index in [-0.39, 0.29) is 5.69 Å². The number of carboxylic acids is 1. The molecule has 0 atom stereocenters. The fraction of sp³-hybridized carbons (Fsp3) is 0.167.